The fourth-order valence-electron chi connectivity index (χ4n) is 2.26. The van der Waals surface area contributed by atoms with Gasteiger partial charge in [0.25, 0.3) is 0 Å². The van der Waals surface area contributed by atoms with Crippen LogP contribution < -0.4 is 10.1 Å². The lowest BCUT2D eigenvalue weighted by molar-refractivity contribution is 0.303. The molecule has 0 aliphatic carbocycles. The molecule has 4 nitrogen and oxygen atoms in total. The van der Waals surface area contributed by atoms with E-state index in [9.17, 15) is 0 Å². The maximum absolute atomic E-state index is 5.96. The molecular weight excluding hydrogens is 286 g/mol. The molecule has 2 aromatic carbocycles. The summed E-state index contributed by atoms with van der Waals surface area (Å²) in [5, 5.41) is 3.31. The van der Waals surface area contributed by atoms with Crippen LogP contribution in [0.1, 0.15) is 16.8 Å². The van der Waals surface area contributed by atoms with Crippen LogP contribution in [0.15, 0.2) is 67.0 Å². The first-order valence-corrected chi connectivity index (χ1v) is 7.58. The Labute approximate surface area is 136 Å². The number of nitrogens with zero attached hydrogens (tertiary/aromatic N) is 2. The molecule has 1 aromatic heterocycles. The summed E-state index contributed by atoms with van der Waals surface area (Å²) in [6.45, 7) is 3.16. The summed E-state index contributed by atoms with van der Waals surface area (Å²) in [4.78, 5) is 8.31. The fraction of sp³-hybridized carbons (Fsp3) is 0.158. The van der Waals surface area contributed by atoms with Crippen LogP contribution in [0.4, 0.5) is 5.82 Å². The van der Waals surface area contributed by atoms with E-state index in [0.717, 1.165) is 28.4 Å². The number of nitrogens with one attached hydrogen (secondary N) is 1. The van der Waals surface area contributed by atoms with Crippen molar-refractivity contribution in [1.82, 2.24) is 9.97 Å². The molecule has 23 heavy (non-hydrogen) atoms. The van der Waals surface area contributed by atoms with Crippen molar-refractivity contribution >= 4 is 5.82 Å². The predicted octanol–water partition coefficient (Wildman–Crippen LogP) is 3.98. The summed E-state index contributed by atoms with van der Waals surface area (Å²) >= 11 is 0. The molecule has 0 bridgehead atoms. The Morgan fingerprint density at radius 1 is 0.957 bits per heavy atom. The molecule has 1 N–H and O–H groups in total. The molecule has 0 saturated heterocycles. The minimum Gasteiger partial charge on any atom is -0.489 e. The zero-order chi connectivity index (χ0) is 15.9. The van der Waals surface area contributed by atoms with E-state index in [0.29, 0.717) is 13.2 Å². The molecule has 0 aliphatic heterocycles. The third kappa shape index (κ3) is 4.30. The molecule has 0 spiro atoms. The maximum atomic E-state index is 5.96. The largest absolute Gasteiger partial charge is 0.489 e. The maximum Gasteiger partial charge on any atom is 0.129 e. The van der Waals surface area contributed by atoms with E-state index in [1.54, 1.807) is 6.33 Å². The summed E-state index contributed by atoms with van der Waals surface area (Å²) in [5.41, 5.74) is 3.19. The molecule has 0 amide bonds. The second kappa shape index (κ2) is 7.40. The van der Waals surface area contributed by atoms with Crippen molar-refractivity contribution in [3.05, 3.63) is 83.8 Å². The number of para-hydroxylation sites is 1. The van der Waals surface area contributed by atoms with Crippen molar-refractivity contribution in [3.63, 3.8) is 0 Å². The SMILES string of the molecule is Cc1cc(NCc2ccccc2OCc2ccccc2)ncn1. The van der Waals surface area contributed by atoms with E-state index in [1.165, 1.54) is 0 Å². The van der Waals surface area contributed by atoms with E-state index in [-0.39, 0.29) is 0 Å². The summed E-state index contributed by atoms with van der Waals surface area (Å²) in [5.74, 6) is 1.70. The Kier molecular flexibility index (Phi) is 4.84. The highest BCUT2D eigenvalue weighted by molar-refractivity contribution is 5.40. The number of hydrogen-bond acceptors (Lipinski definition) is 4. The summed E-state index contributed by atoms with van der Waals surface area (Å²) < 4.78 is 5.96. The van der Waals surface area contributed by atoms with E-state index < -0.39 is 0 Å². The van der Waals surface area contributed by atoms with Crippen LogP contribution in [0.3, 0.4) is 0 Å². The number of rotatable bonds is 6. The lowest BCUT2D eigenvalue weighted by atomic mass is 10.2. The molecule has 1 heterocycles. The first-order valence-electron chi connectivity index (χ1n) is 7.58. The summed E-state index contributed by atoms with van der Waals surface area (Å²) in [6, 6.07) is 20.1. The molecule has 3 rings (SSSR count). The van der Waals surface area contributed by atoms with Crippen LogP contribution in [0, 0.1) is 6.92 Å². The molecule has 3 aromatic rings. The average Bonchev–Trinajstić information content (AvgIpc) is 2.60. The van der Waals surface area contributed by atoms with E-state index in [4.69, 9.17) is 4.74 Å². The van der Waals surface area contributed by atoms with Crippen LogP contribution >= 0.6 is 0 Å². The second-order valence-electron chi connectivity index (χ2n) is 5.28. The van der Waals surface area contributed by atoms with Crippen LogP contribution in [0.25, 0.3) is 0 Å². The monoisotopic (exact) mass is 305 g/mol. The van der Waals surface area contributed by atoms with Gasteiger partial charge >= 0.3 is 0 Å². The molecule has 4 heteroatoms. The quantitative estimate of drug-likeness (QED) is 0.748. The Morgan fingerprint density at radius 2 is 1.74 bits per heavy atom. The van der Waals surface area contributed by atoms with Crippen LogP contribution in [0.2, 0.25) is 0 Å². The number of aryl methyl sites for hydroxylation is 1. The summed E-state index contributed by atoms with van der Waals surface area (Å²) in [6.07, 6.45) is 1.56. The van der Waals surface area contributed by atoms with Gasteiger partial charge in [-0.15, -0.1) is 0 Å². The smallest absolute Gasteiger partial charge is 0.129 e. The van der Waals surface area contributed by atoms with E-state index >= 15 is 0 Å². The second-order valence-corrected chi connectivity index (χ2v) is 5.28. The van der Waals surface area contributed by atoms with Gasteiger partial charge in [0.05, 0.1) is 0 Å². The van der Waals surface area contributed by atoms with Gasteiger partial charge in [0.15, 0.2) is 0 Å². The van der Waals surface area contributed by atoms with Gasteiger partial charge in [-0.25, -0.2) is 9.97 Å². The topological polar surface area (TPSA) is 47.0 Å². The van der Waals surface area contributed by atoms with Crippen molar-refractivity contribution in [1.29, 1.82) is 0 Å². The first kappa shape index (κ1) is 15.0. The van der Waals surface area contributed by atoms with Gasteiger partial charge in [0.2, 0.25) is 0 Å². The molecule has 0 unspecified atom stereocenters. The average molecular weight is 305 g/mol. The molecule has 0 atom stereocenters. The normalized spacial score (nSPS) is 10.3. The lowest BCUT2D eigenvalue weighted by Crippen LogP contribution is -2.05. The Morgan fingerprint density at radius 3 is 2.57 bits per heavy atom. The molecule has 116 valence electrons. The number of hydrogen-bond donors (Lipinski definition) is 1. The molecule has 0 radical (unpaired) electrons. The third-order valence-corrected chi connectivity index (χ3v) is 3.47. The minimum absolute atomic E-state index is 0.560. The highest BCUT2D eigenvalue weighted by Crippen LogP contribution is 2.20. The highest BCUT2D eigenvalue weighted by atomic mass is 16.5. The summed E-state index contributed by atoms with van der Waals surface area (Å²) in [7, 11) is 0. The van der Waals surface area contributed by atoms with Crippen LogP contribution in [0.5, 0.6) is 5.75 Å². The fourth-order valence-corrected chi connectivity index (χ4v) is 2.26. The zero-order valence-corrected chi connectivity index (χ0v) is 13.1. The van der Waals surface area contributed by atoms with Crippen molar-refractivity contribution in [2.24, 2.45) is 0 Å². The number of ether oxygens (including phenoxy) is 1. The van der Waals surface area contributed by atoms with E-state index in [2.05, 4.69) is 33.5 Å². The molecule has 0 fully saturated rings. The number of aromatic nitrogens is 2. The third-order valence-electron chi connectivity index (χ3n) is 3.47. The molecule has 0 aliphatic rings. The highest BCUT2D eigenvalue weighted by Gasteiger charge is 2.04. The first-order chi connectivity index (χ1) is 11.3. The zero-order valence-electron chi connectivity index (χ0n) is 13.1. The van der Waals surface area contributed by atoms with Gasteiger partial charge in [0, 0.05) is 23.9 Å². The standard InChI is InChI=1S/C19H19N3O/c1-15-11-19(22-14-21-15)20-12-17-9-5-6-10-18(17)23-13-16-7-3-2-4-8-16/h2-11,14H,12-13H2,1H3,(H,20,21,22). The Hall–Kier alpha value is -2.88. The van der Waals surface area contributed by atoms with Gasteiger partial charge < -0.3 is 10.1 Å². The van der Waals surface area contributed by atoms with Crippen LogP contribution in [-0.2, 0) is 13.2 Å². The van der Waals surface area contributed by atoms with Gasteiger partial charge in [-0.1, -0.05) is 48.5 Å². The Bertz CT molecular complexity index is 759. The van der Waals surface area contributed by atoms with Gasteiger partial charge in [-0.05, 0) is 18.6 Å². The van der Waals surface area contributed by atoms with Crippen molar-refractivity contribution in [2.75, 3.05) is 5.32 Å². The van der Waals surface area contributed by atoms with Gasteiger partial charge in [0.1, 0.15) is 24.5 Å². The van der Waals surface area contributed by atoms with Crippen molar-refractivity contribution in [3.8, 4) is 5.75 Å². The number of anilines is 1. The van der Waals surface area contributed by atoms with E-state index in [1.807, 2.05) is 49.4 Å². The lowest BCUT2D eigenvalue weighted by Gasteiger charge is -2.12. The molecular formula is C19H19N3O. The van der Waals surface area contributed by atoms with Gasteiger partial charge in [-0.2, -0.15) is 0 Å². The Balaban J connectivity index is 1.65. The van der Waals surface area contributed by atoms with Crippen molar-refractivity contribution < 1.29 is 4.74 Å². The van der Waals surface area contributed by atoms with Crippen LogP contribution in [-0.4, -0.2) is 9.97 Å². The van der Waals surface area contributed by atoms with Crippen molar-refractivity contribution in [2.45, 2.75) is 20.1 Å². The van der Waals surface area contributed by atoms with Gasteiger partial charge in [-0.3, -0.25) is 0 Å². The predicted molar refractivity (Wildman–Crippen MR) is 91.3 cm³/mol. The minimum atomic E-state index is 0.560. The number of benzene rings is 2. The molecule has 0 saturated carbocycles.